The highest BCUT2D eigenvalue weighted by Crippen LogP contribution is 2.38. The van der Waals surface area contributed by atoms with E-state index in [0.717, 1.165) is 13.3 Å². The number of rotatable bonds is 5. The Morgan fingerprint density at radius 3 is 2.63 bits per heavy atom. The number of nitro groups is 1. The summed E-state index contributed by atoms with van der Waals surface area (Å²) in [7, 11) is 1.07. The van der Waals surface area contributed by atoms with E-state index in [1.807, 2.05) is 0 Å². The summed E-state index contributed by atoms with van der Waals surface area (Å²) in [6.07, 6.45) is -2.37. The van der Waals surface area contributed by atoms with Gasteiger partial charge in [0.05, 0.1) is 24.8 Å². The number of pyridine rings is 1. The van der Waals surface area contributed by atoms with Crippen molar-refractivity contribution >= 4 is 11.7 Å². The molecule has 0 atom stereocenters. The zero-order valence-electron chi connectivity index (χ0n) is 10.1. The van der Waals surface area contributed by atoms with Gasteiger partial charge in [-0.05, 0) is 6.92 Å². The number of esters is 1. The molecule has 1 aromatic rings. The Labute approximate surface area is 106 Å². The van der Waals surface area contributed by atoms with Crippen LogP contribution in [-0.2, 0) is 4.74 Å². The lowest BCUT2D eigenvalue weighted by Gasteiger charge is -2.10. The molecule has 0 radical (unpaired) electrons. The second-order valence-electron chi connectivity index (χ2n) is 3.22. The molecule has 0 saturated carbocycles. The second-order valence-corrected chi connectivity index (χ2v) is 3.22. The zero-order valence-corrected chi connectivity index (χ0v) is 10.1. The van der Waals surface area contributed by atoms with Crippen molar-refractivity contribution in [2.45, 2.75) is 13.3 Å². The van der Waals surface area contributed by atoms with Crippen LogP contribution in [0.25, 0.3) is 0 Å². The number of carbonyl (C=O) groups excluding carboxylic acids is 1. The van der Waals surface area contributed by atoms with Gasteiger partial charge in [0.25, 0.3) is 6.43 Å². The quantitative estimate of drug-likeness (QED) is 0.464. The van der Waals surface area contributed by atoms with Crippen LogP contribution in [0.1, 0.15) is 29.4 Å². The first-order valence-corrected chi connectivity index (χ1v) is 5.10. The molecule has 0 aliphatic heterocycles. The Hall–Kier alpha value is -2.32. The average Bonchev–Trinajstić information content (AvgIpc) is 2.36. The van der Waals surface area contributed by atoms with Gasteiger partial charge in [-0.3, -0.25) is 10.1 Å². The van der Waals surface area contributed by atoms with Crippen LogP contribution < -0.4 is 4.74 Å². The molecule has 1 aromatic heterocycles. The van der Waals surface area contributed by atoms with Crippen LogP contribution in [0.4, 0.5) is 14.5 Å². The normalized spacial score (nSPS) is 10.4. The number of ether oxygens (including phenoxy) is 2. The summed E-state index contributed by atoms with van der Waals surface area (Å²) in [6, 6.07) is 0. The minimum absolute atomic E-state index is 0.0618. The Balaban J connectivity index is 3.53. The number of carbonyl (C=O) groups is 1. The van der Waals surface area contributed by atoms with Crippen LogP contribution in [0.15, 0.2) is 6.20 Å². The van der Waals surface area contributed by atoms with Crippen LogP contribution in [0.3, 0.4) is 0 Å². The third kappa shape index (κ3) is 2.92. The van der Waals surface area contributed by atoms with Crippen LogP contribution in [0.2, 0.25) is 0 Å². The molecule has 0 unspecified atom stereocenters. The molecule has 0 aromatic carbocycles. The maximum atomic E-state index is 12.9. The van der Waals surface area contributed by atoms with Crippen molar-refractivity contribution in [3.8, 4) is 5.75 Å². The number of hydrogen-bond donors (Lipinski definition) is 0. The molecule has 0 saturated heterocycles. The minimum Gasteiger partial charge on any atom is -0.494 e. The average molecular weight is 276 g/mol. The Morgan fingerprint density at radius 2 is 2.21 bits per heavy atom. The second kappa shape index (κ2) is 6.03. The summed E-state index contributed by atoms with van der Waals surface area (Å²) >= 11 is 0. The Morgan fingerprint density at radius 1 is 1.58 bits per heavy atom. The summed E-state index contributed by atoms with van der Waals surface area (Å²) in [5.41, 5.74) is -2.87. The molecule has 0 N–H and O–H groups in total. The summed E-state index contributed by atoms with van der Waals surface area (Å²) in [5, 5.41) is 10.9. The molecule has 0 bridgehead atoms. The van der Waals surface area contributed by atoms with E-state index in [4.69, 9.17) is 0 Å². The van der Waals surface area contributed by atoms with Crippen LogP contribution in [0.5, 0.6) is 5.75 Å². The van der Waals surface area contributed by atoms with Crippen LogP contribution in [-0.4, -0.2) is 29.6 Å². The number of halogens is 2. The number of alkyl halides is 2. The molecular formula is C10H10F2N2O5. The molecule has 0 aliphatic rings. The van der Waals surface area contributed by atoms with Crippen molar-refractivity contribution in [3.05, 3.63) is 27.6 Å². The molecular weight excluding hydrogens is 266 g/mol. The van der Waals surface area contributed by atoms with Crippen LogP contribution in [0, 0.1) is 10.1 Å². The van der Waals surface area contributed by atoms with Crippen molar-refractivity contribution in [1.29, 1.82) is 0 Å². The van der Waals surface area contributed by atoms with Gasteiger partial charge in [0, 0.05) is 0 Å². The van der Waals surface area contributed by atoms with E-state index in [1.54, 1.807) is 0 Å². The fraction of sp³-hybridized carbons (Fsp3) is 0.400. The van der Waals surface area contributed by atoms with Crippen molar-refractivity contribution in [1.82, 2.24) is 4.98 Å². The van der Waals surface area contributed by atoms with E-state index in [1.165, 1.54) is 6.92 Å². The lowest BCUT2D eigenvalue weighted by atomic mass is 10.1. The van der Waals surface area contributed by atoms with Gasteiger partial charge in [-0.25, -0.2) is 18.6 Å². The smallest absolute Gasteiger partial charge is 0.364 e. The van der Waals surface area contributed by atoms with E-state index in [-0.39, 0.29) is 6.61 Å². The largest absolute Gasteiger partial charge is 0.494 e. The monoisotopic (exact) mass is 276 g/mol. The zero-order chi connectivity index (χ0) is 14.6. The van der Waals surface area contributed by atoms with Gasteiger partial charge in [0.1, 0.15) is 5.56 Å². The van der Waals surface area contributed by atoms with Crippen LogP contribution >= 0.6 is 0 Å². The number of methoxy groups -OCH3 is 1. The van der Waals surface area contributed by atoms with Gasteiger partial charge in [-0.15, -0.1) is 0 Å². The van der Waals surface area contributed by atoms with Gasteiger partial charge in [-0.1, -0.05) is 0 Å². The molecule has 7 nitrogen and oxygen atoms in total. The number of nitrogens with zero attached hydrogens (tertiary/aromatic N) is 2. The third-order valence-electron chi connectivity index (χ3n) is 2.15. The van der Waals surface area contributed by atoms with E-state index >= 15 is 0 Å². The standard InChI is InChI=1S/C10H10F2N2O5/c1-3-19-10(15)7-8(14(16)17)6(9(11)12)5(18-2)4-13-7/h4,9H,3H2,1-2H3. The molecule has 1 heterocycles. The topological polar surface area (TPSA) is 91.6 Å². The Bertz CT molecular complexity index is 507. The summed E-state index contributed by atoms with van der Waals surface area (Å²) < 4.78 is 34.9. The predicted octanol–water partition coefficient (Wildman–Crippen LogP) is 2.11. The third-order valence-corrected chi connectivity index (χ3v) is 2.15. The summed E-state index contributed by atoms with van der Waals surface area (Å²) in [5.74, 6) is -1.60. The van der Waals surface area contributed by atoms with Crippen molar-refractivity contribution in [2.75, 3.05) is 13.7 Å². The van der Waals surface area contributed by atoms with E-state index in [2.05, 4.69) is 14.5 Å². The van der Waals surface area contributed by atoms with Crippen molar-refractivity contribution in [3.63, 3.8) is 0 Å². The maximum absolute atomic E-state index is 12.9. The van der Waals surface area contributed by atoms with Gasteiger partial charge >= 0.3 is 11.7 Å². The molecule has 1 rings (SSSR count). The fourth-order valence-electron chi connectivity index (χ4n) is 1.41. The number of hydrogen-bond acceptors (Lipinski definition) is 6. The lowest BCUT2D eigenvalue weighted by Crippen LogP contribution is -2.13. The van der Waals surface area contributed by atoms with Crippen molar-refractivity contribution < 1.29 is 28.0 Å². The first-order chi connectivity index (χ1) is 8.93. The molecule has 0 fully saturated rings. The van der Waals surface area contributed by atoms with Gasteiger partial charge < -0.3 is 9.47 Å². The molecule has 0 amide bonds. The highest BCUT2D eigenvalue weighted by molar-refractivity contribution is 5.92. The first-order valence-electron chi connectivity index (χ1n) is 5.10. The fourth-order valence-corrected chi connectivity index (χ4v) is 1.41. The predicted molar refractivity (Wildman–Crippen MR) is 58.4 cm³/mol. The van der Waals surface area contributed by atoms with Gasteiger partial charge in [0.2, 0.25) is 5.69 Å². The SMILES string of the molecule is CCOC(=O)c1ncc(OC)c(C(F)F)c1[N+](=O)[O-]. The van der Waals surface area contributed by atoms with Gasteiger partial charge in [0.15, 0.2) is 5.75 Å². The molecule has 19 heavy (non-hydrogen) atoms. The first kappa shape index (κ1) is 14.7. The van der Waals surface area contributed by atoms with E-state index in [0.29, 0.717) is 0 Å². The molecule has 0 aliphatic carbocycles. The van der Waals surface area contributed by atoms with E-state index < -0.39 is 40.0 Å². The molecule has 9 heteroatoms. The highest BCUT2D eigenvalue weighted by Gasteiger charge is 2.34. The summed E-state index contributed by atoms with van der Waals surface area (Å²) in [4.78, 5) is 24.7. The summed E-state index contributed by atoms with van der Waals surface area (Å²) in [6.45, 7) is 1.41. The lowest BCUT2D eigenvalue weighted by molar-refractivity contribution is -0.387. The molecule has 104 valence electrons. The number of aromatic nitrogens is 1. The van der Waals surface area contributed by atoms with E-state index in [9.17, 15) is 23.7 Å². The highest BCUT2D eigenvalue weighted by atomic mass is 19.3. The van der Waals surface area contributed by atoms with Crippen molar-refractivity contribution in [2.24, 2.45) is 0 Å². The maximum Gasteiger partial charge on any atom is 0.364 e. The van der Waals surface area contributed by atoms with Gasteiger partial charge in [-0.2, -0.15) is 0 Å². The Kier molecular flexibility index (Phi) is 4.67. The minimum atomic E-state index is -3.19. The molecule has 0 spiro atoms.